The van der Waals surface area contributed by atoms with Crippen LogP contribution in [-0.2, 0) is 6.42 Å². The molecule has 0 unspecified atom stereocenters. The molecule has 1 aliphatic rings. The molecule has 0 atom stereocenters. The van der Waals surface area contributed by atoms with Crippen LogP contribution < -0.4 is 5.73 Å². The minimum absolute atomic E-state index is 0.0560. The number of rotatable bonds is 3. The molecule has 0 spiro atoms. The van der Waals surface area contributed by atoms with Crippen molar-refractivity contribution in [2.45, 2.75) is 63.8 Å². The summed E-state index contributed by atoms with van der Waals surface area (Å²) in [7, 11) is 0. The average molecular weight is 279 g/mol. The maximum atomic E-state index is 6.50. The topological polar surface area (TPSA) is 69.1 Å². The summed E-state index contributed by atoms with van der Waals surface area (Å²) in [6, 6.07) is 0. The molecule has 0 bridgehead atoms. The van der Waals surface area contributed by atoms with E-state index in [1.54, 1.807) is 11.3 Å². The van der Waals surface area contributed by atoms with Crippen molar-refractivity contribution in [2.24, 2.45) is 5.73 Å². The number of hydrogen-bond acceptors (Lipinski definition) is 5. The Morgan fingerprint density at radius 3 is 2.68 bits per heavy atom. The zero-order valence-electron chi connectivity index (χ0n) is 11.6. The van der Waals surface area contributed by atoms with E-state index in [1.165, 1.54) is 19.3 Å². The van der Waals surface area contributed by atoms with Gasteiger partial charge in [0, 0.05) is 17.9 Å². The Hall–Kier alpha value is -1.01. The van der Waals surface area contributed by atoms with Crippen molar-refractivity contribution in [3.05, 3.63) is 10.8 Å². The summed E-state index contributed by atoms with van der Waals surface area (Å²) >= 11 is 1.63. The maximum absolute atomic E-state index is 6.50. The van der Waals surface area contributed by atoms with Crippen molar-refractivity contribution in [1.82, 2.24) is 19.8 Å². The number of nitrogens with two attached hydrogens (primary N) is 1. The van der Waals surface area contributed by atoms with Crippen LogP contribution in [0, 0.1) is 0 Å². The van der Waals surface area contributed by atoms with Crippen LogP contribution in [0.4, 0.5) is 0 Å². The summed E-state index contributed by atoms with van der Waals surface area (Å²) in [5.74, 6) is 1.28. The van der Waals surface area contributed by atoms with Gasteiger partial charge in [0.1, 0.15) is 5.01 Å². The zero-order chi connectivity index (χ0) is 13.5. The lowest BCUT2D eigenvalue weighted by atomic mass is 9.80. The Morgan fingerprint density at radius 1 is 1.26 bits per heavy atom. The quantitative estimate of drug-likeness (QED) is 0.937. The largest absolute Gasteiger partial charge is 0.325 e. The molecule has 2 heterocycles. The highest BCUT2D eigenvalue weighted by Crippen LogP contribution is 2.30. The number of fused-ring (bicyclic) bond motifs is 1. The first kappa shape index (κ1) is 13.0. The fourth-order valence-electron chi connectivity index (χ4n) is 2.84. The van der Waals surface area contributed by atoms with Gasteiger partial charge in [0.2, 0.25) is 4.96 Å². The standard InChI is InChI=1S/C13H21N5S/c1-9(2)11-15-16-12-18(11)17-10(19-12)8-13(14)6-4-3-5-7-13/h9H,3-8,14H2,1-2H3. The molecule has 1 saturated carbocycles. The monoisotopic (exact) mass is 279 g/mol. The van der Waals surface area contributed by atoms with Gasteiger partial charge in [-0.3, -0.25) is 0 Å². The second-order valence-electron chi connectivity index (χ2n) is 6.00. The van der Waals surface area contributed by atoms with E-state index >= 15 is 0 Å². The van der Waals surface area contributed by atoms with Gasteiger partial charge >= 0.3 is 0 Å². The normalized spacial score (nSPS) is 19.4. The van der Waals surface area contributed by atoms with E-state index in [0.717, 1.165) is 35.1 Å². The van der Waals surface area contributed by atoms with Gasteiger partial charge in [0.25, 0.3) is 0 Å². The second kappa shape index (κ2) is 4.83. The Morgan fingerprint density at radius 2 is 2.00 bits per heavy atom. The average Bonchev–Trinajstić information content (AvgIpc) is 2.88. The Labute approximate surface area is 117 Å². The molecule has 1 fully saturated rings. The summed E-state index contributed by atoms with van der Waals surface area (Å²) in [6.07, 6.45) is 6.92. The van der Waals surface area contributed by atoms with Crippen LogP contribution in [0.5, 0.6) is 0 Å². The minimum Gasteiger partial charge on any atom is -0.325 e. The number of hydrogen-bond donors (Lipinski definition) is 1. The molecule has 2 aromatic rings. The fourth-order valence-corrected chi connectivity index (χ4v) is 3.83. The molecule has 0 aliphatic heterocycles. The molecule has 2 N–H and O–H groups in total. The van der Waals surface area contributed by atoms with Gasteiger partial charge in [-0.2, -0.15) is 9.61 Å². The first-order valence-corrected chi connectivity index (χ1v) is 7.89. The van der Waals surface area contributed by atoms with Crippen LogP contribution in [0.1, 0.15) is 62.7 Å². The minimum atomic E-state index is -0.0560. The third-order valence-corrected chi connectivity index (χ3v) is 4.82. The molecular weight excluding hydrogens is 258 g/mol. The van der Waals surface area contributed by atoms with Crippen molar-refractivity contribution in [2.75, 3.05) is 0 Å². The van der Waals surface area contributed by atoms with Gasteiger partial charge in [0.05, 0.1) is 0 Å². The van der Waals surface area contributed by atoms with Crippen LogP contribution >= 0.6 is 11.3 Å². The molecule has 0 saturated heterocycles. The van der Waals surface area contributed by atoms with Gasteiger partial charge in [-0.15, -0.1) is 10.2 Å². The van der Waals surface area contributed by atoms with Crippen LogP contribution in [0.15, 0.2) is 0 Å². The number of nitrogens with zero attached hydrogens (tertiary/aromatic N) is 4. The fraction of sp³-hybridized carbons (Fsp3) is 0.769. The van der Waals surface area contributed by atoms with E-state index in [1.807, 2.05) is 4.52 Å². The summed E-state index contributed by atoms with van der Waals surface area (Å²) in [5, 5.41) is 14.2. The molecule has 19 heavy (non-hydrogen) atoms. The van der Waals surface area contributed by atoms with Crippen LogP contribution in [-0.4, -0.2) is 25.4 Å². The van der Waals surface area contributed by atoms with E-state index in [4.69, 9.17) is 5.73 Å². The van der Waals surface area contributed by atoms with E-state index in [9.17, 15) is 0 Å². The first-order valence-electron chi connectivity index (χ1n) is 7.07. The lowest BCUT2D eigenvalue weighted by molar-refractivity contribution is 0.293. The highest BCUT2D eigenvalue weighted by molar-refractivity contribution is 7.16. The van der Waals surface area contributed by atoms with Crippen LogP contribution in [0.3, 0.4) is 0 Å². The summed E-state index contributed by atoms with van der Waals surface area (Å²) < 4.78 is 1.89. The molecule has 6 heteroatoms. The lowest BCUT2D eigenvalue weighted by Crippen LogP contribution is -2.43. The van der Waals surface area contributed by atoms with Crippen molar-refractivity contribution in [3.8, 4) is 0 Å². The molecule has 5 nitrogen and oxygen atoms in total. The Kier molecular flexibility index (Phi) is 3.30. The van der Waals surface area contributed by atoms with Crippen molar-refractivity contribution >= 4 is 16.3 Å². The van der Waals surface area contributed by atoms with Crippen LogP contribution in [0.2, 0.25) is 0 Å². The first-order chi connectivity index (χ1) is 9.07. The van der Waals surface area contributed by atoms with E-state index < -0.39 is 0 Å². The van der Waals surface area contributed by atoms with Gasteiger partial charge in [0.15, 0.2) is 5.82 Å². The molecular formula is C13H21N5S. The van der Waals surface area contributed by atoms with Gasteiger partial charge in [-0.1, -0.05) is 44.4 Å². The second-order valence-corrected chi connectivity index (χ2v) is 7.04. The predicted molar refractivity (Wildman–Crippen MR) is 76.5 cm³/mol. The maximum Gasteiger partial charge on any atom is 0.234 e. The molecule has 0 radical (unpaired) electrons. The van der Waals surface area contributed by atoms with Crippen molar-refractivity contribution < 1.29 is 0 Å². The zero-order valence-corrected chi connectivity index (χ0v) is 12.4. The smallest absolute Gasteiger partial charge is 0.234 e. The third kappa shape index (κ3) is 2.51. The molecule has 2 aromatic heterocycles. The highest BCUT2D eigenvalue weighted by atomic mass is 32.1. The summed E-state index contributed by atoms with van der Waals surface area (Å²) in [6.45, 7) is 4.22. The Bertz CT molecular complexity index is 565. The predicted octanol–water partition coefficient (Wildman–Crippen LogP) is 2.51. The van der Waals surface area contributed by atoms with E-state index in [0.29, 0.717) is 5.92 Å². The number of aromatic nitrogens is 4. The van der Waals surface area contributed by atoms with Crippen molar-refractivity contribution in [1.29, 1.82) is 0 Å². The SMILES string of the molecule is CC(C)c1nnc2sc(CC3(N)CCCCC3)nn12. The van der Waals surface area contributed by atoms with Gasteiger partial charge in [-0.25, -0.2) is 0 Å². The summed E-state index contributed by atoms with van der Waals surface area (Å²) in [5.41, 5.74) is 6.44. The lowest BCUT2D eigenvalue weighted by Gasteiger charge is -2.32. The molecule has 3 rings (SSSR count). The van der Waals surface area contributed by atoms with E-state index in [2.05, 4.69) is 29.1 Å². The van der Waals surface area contributed by atoms with E-state index in [-0.39, 0.29) is 5.54 Å². The third-order valence-electron chi connectivity index (χ3n) is 3.93. The molecule has 104 valence electrons. The molecule has 0 aromatic carbocycles. The summed E-state index contributed by atoms with van der Waals surface area (Å²) in [4.78, 5) is 0.887. The van der Waals surface area contributed by atoms with Crippen LogP contribution in [0.25, 0.3) is 4.96 Å². The van der Waals surface area contributed by atoms with Gasteiger partial charge in [-0.05, 0) is 12.8 Å². The molecule has 1 aliphatic carbocycles. The molecule has 0 amide bonds. The highest BCUT2D eigenvalue weighted by Gasteiger charge is 2.29. The Balaban J connectivity index is 1.85. The van der Waals surface area contributed by atoms with Gasteiger partial charge < -0.3 is 5.73 Å². The van der Waals surface area contributed by atoms with Crippen molar-refractivity contribution in [3.63, 3.8) is 0 Å².